The molecule has 26 heavy (non-hydrogen) atoms. The molecule has 1 aromatic heterocycles. The molecule has 0 bridgehead atoms. The first kappa shape index (κ1) is 17.3. The highest BCUT2D eigenvalue weighted by Gasteiger charge is 2.33. The Morgan fingerprint density at radius 3 is 2.65 bits per heavy atom. The first-order valence-electron chi connectivity index (χ1n) is 9.74. The molecule has 1 aromatic carbocycles. The molecule has 0 N–H and O–H groups in total. The van der Waals surface area contributed by atoms with Crippen molar-refractivity contribution in [3.63, 3.8) is 0 Å². The number of benzene rings is 1. The number of piperidine rings is 1. The van der Waals surface area contributed by atoms with Gasteiger partial charge in [-0.2, -0.15) is 5.10 Å². The lowest BCUT2D eigenvalue weighted by atomic mass is 9.91. The Labute approximate surface area is 155 Å². The second kappa shape index (κ2) is 7.62. The lowest BCUT2D eigenvalue weighted by Gasteiger charge is -2.39. The van der Waals surface area contributed by atoms with E-state index in [-0.39, 0.29) is 6.04 Å². The summed E-state index contributed by atoms with van der Waals surface area (Å²) in [6.07, 6.45) is 8.07. The van der Waals surface area contributed by atoms with Crippen molar-refractivity contribution < 1.29 is 4.79 Å². The largest absolute Gasteiger partial charge is 0.341 e. The maximum Gasteiger partial charge on any atom is 0.240 e. The fourth-order valence-corrected chi connectivity index (χ4v) is 4.33. The molecule has 3 heterocycles. The lowest BCUT2D eigenvalue weighted by molar-refractivity contribution is -0.138. The van der Waals surface area contributed by atoms with E-state index in [1.165, 1.54) is 11.1 Å². The van der Waals surface area contributed by atoms with Crippen molar-refractivity contribution in [3.05, 3.63) is 53.9 Å². The zero-order valence-corrected chi connectivity index (χ0v) is 15.6. The Morgan fingerprint density at radius 2 is 1.92 bits per heavy atom. The molecule has 5 heteroatoms. The van der Waals surface area contributed by atoms with Gasteiger partial charge in [0.15, 0.2) is 0 Å². The standard InChI is InChI=1S/C21H28N4O/c1-23-16-19-6-3-2-5-18(19)15-20(23)21(26)24-12-7-17(8-13-24)9-14-25-11-4-10-22-25/h2-6,10-11,17,20H,7-9,12-16H2,1H3/t20-/m0/s1. The molecular weight excluding hydrogens is 324 g/mol. The molecule has 5 nitrogen and oxygen atoms in total. The number of fused-ring (bicyclic) bond motifs is 1. The van der Waals surface area contributed by atoms with E-state index in [2.05, 4.69) is 46.2 Å². The number of likely N-dealkylation sites (N-methyl/N-ethyl adjacent to an activating group) is 1. The van der Waals surface area contributed by atoms with Crippen LogP contribution in [-0.2, 0) is 24.3 Å². The van der Waals surface area contributed by atoms with Crippen LogP contribution in [-0.4, -0.2) is 51.7 Å². The van der Waals surface area contributed by atoms with Crippen LogP contribution in [0, 0.1) is 5.92 Å². The summed E-state index contributed by atoms with van der Waals surface area (Å²) in [5.41, 5.74) is 2.69. The maximum atomic E-state index is 13.1. The fraction of sp³-hybridized carbons (Fsp3) is 0.524. The smallest absolute Gasteiger partial charge is 0.240 e. The highest BCUT2D eigenvalue weighted by atomic mass is 16.2. The minimum Gasteiger partial charge on any atom is -0.341 e. The summed E-state index contributed by atoms with van der Waals surface area (Å²) in [6.45, 7) is 3.64. The van der Waals surface area contributed by atoms with Crippen LogP contribution in [0.25, 0.3) is 0 Å². The van der Waals surface area contributed by atoms with Crippen LogP contribution >= 0.6 is 0 Å². The molecular formula is C21H28N4O. The molecule has 0 unspecified atom stereocenters. The SMILES string of the molecule is CN1Cc2ccccc2C[C@H]1C(=O)N1CCC(CCn2cccn2)CC1. The number of aromatic nitrogens is 2. The Hall–Kier alpha value is -2.14. The molecule has 1 atom stereocenters. The molecule has 1 amide bonds. The van der Waals surface area contributed by atoms with Crippen LogP contribution in [0.15, 0.2) is 42.7 Å². The minimum absolute atomic E-state index is 0.00877. The van der Waals surface area contributed by atoms with Crippen LogP contribution in [0.4, 0.5) is 0 Å². The number of hydrogen-bond donors (Lipinski definition) is 0. The van der Waals surface area contributed by atoms with Gasteiger partial charge >= 0.3 is 0 Å². The topological polar surface area (TPSA) is 41.4 Å². The molecule has 2 aliphatic rings. The molecule has 0 aliphatic carbocycles. The van der Waals surface area contributed by atoms with Crippen LogP contribution in [0.3, 0.4) is 0 Å². The molecule has 2 aliphatic heterocycles. The van der Waals surface area contributed by atoms with Gasteiger partial charge in [0.25, 0.3) is 0 Å². The van der Waals surface area contributed by atoms with E-state index < -0.39 is 0 Å². The molecule has 1 saturated heterocycles. The fourth-order valence-electron chi connectivity index (χ4n) is 4.33. The van der Waals surface area contributed by atoms with Gasteiger partial charge in [-0.25, -0.2) is 0 Å². The van der Waals surface area contributed by atoms with Crippen molar-refractivity contribution in [2.45, 2.75) is 44.8 Å². The summed E-state index contributed by atoms with van der Waals surface area (Å²) in [4.78, 5) is 17.4. The van der Waals surface area contributed by atoms with Gasteiger partial charge in [0.1, 0.15) is 0 Å². The predicted octanol–water partition coefficient (Wildman–Crippen LogP) is 2.57. The van der Waals surface area contributed by atoms with Gasteiger partial charge in [-0.15, -0.1) is 0 Å². The number of nitrogens with zero attached hydrogens (tertiary/aromatic N) is 4. The van der Waals surface area contributed by atoms with Crippen LogP contribution < -0.4 is 0 Å². The van der Waals surface area contributed by atoms with E-state index in [1.807, 2.05) is 23.1 Å². The summed E-state index contributed by atoms with van der Waals surface area (Å²) in [5, 5.41) is 4.28. The highest BCUT2D eigenvalue weighted by Crippen LogP contribution is 2.26. The first-order valence-corrected chi connectivity index (χ1v) is 9.74. The number of amides is 1. The minimum atomic E-state index is -0.00877. The quantitative estimate of drug-likeness (QED) is 0.849. The summed E-state index contributed by atoms with van der Waals surface area (Å²) >= 11 is 0. The number of aryl methyl sites for hydroxylation is 1. The van der Waals surface area contributed by atoms with Gasteiger partial charge in [-0.1, -0.05) is 24.3 Å². The van der Waals surface area contributed by atoms with Crippen LogP contribution in [0.1, 0.15) is 30.4 Å². The van der Waals surface area contributed by atoms with Gasteiger partial charge < -0.3 is 4.90 Å². The van der Waals surface area contributed by atoms with E-state index in [9.17, 15) is 4.79 Å². The van der Waals surface area contributed by atoms with Crippen molar-refractivity contribution in [1.82, 2.24) is 19.6 Å². The Bertz CT molecular complexity index is 734. The van der Waals surface area contributed by atoms with Crippen molar-refractivity contribution in [2.75, 3.05) is 20.1 Å². The maximum absolute atomic E-state index is 13.1. The zero-order valence-electron chi connectivity index (χ0n) is 15.6. The normalized spacial score (nSPS) is 21.6. The summed E-state index contributed by atoms with van der Waals surface area (Å²) in [7, 11) is 2.08. The first-order chi connectivity index (χ1) is 12.7. The predicted molar refractivity (Wildman–Crippen MR) is 102 cm³/mol. The highest BCUT2D eigenvalue weighted by molar-refractivity contribution is 5.82. The molecule has 2 aromatic rings. The van der Waals surface area contributed by atoms with Crippen molar-refractivity contribution in [1.29, 1.82) is 0 Å². The van der Waals surface area contributed by atoms with E-state index in [4.69, 9.17) is 0 Å². The number of carbonyl (C=O) groups is 1. The van der Waals surface area contributed by atoms with Crippen molar-refractivity contribution >= 4 is 5.91 Å². The van der Waals surface area contributed by atoms with Crippen molar-refractivity contribution in [2.24, 2.45) is 5.92 Å². The van der Waals surface area contributed by atoms with Crippen LogP contribution in [0.2, 0.25) is 0 Å². The summed E-state index contributed by atoms with van der Waals surface area (Å²) in [5.74, 6) is 1.01. The summed E-state index contributed by atoms with van der Waals surface area (Å²) < 4.78 is 2.01. The molecule has 0 saturated carbocycles. The van der Waals surface area contributed by atoms with Gasteiger partial charge in [0.2, 0.25) is 5.91 Å². The second-order valence-electron chi connectivity index (χ2n) is 7.73. The third kappa shape index (κ3) is 3.68. The van der Waals surface area contributed by atoms with E-state index in [1.54, 1.807) is 0 Å². The summed E-state index contributed by atoms with van der Waals surface area (Å²) in [6, 6.07) is 10.5. The lowest BCUT2D eigenvalue weighted by Crippen LogP contribution is -2.52. The third-order valence-corrected chi connectivity index (χ3v) is 6.02. The van der Waals surface area contributed by atoms with Gasteiger partial charge in [0.05, 0.1) is 6.04 Å². The van der Waals surface area contributed by atoms with E-state index in [0.29, 0.717) is 11.8 Å². The zero-order chi connectivity index (χ0) is 17.9. The molecule has 138 valence electrons. The van der Waals surface area contributed by atoms with Gasteiger partial charge in [-0.3, -0.25) is 14.4 Å². The molecule has 0 spiro atoms. The molecule has 4 rings (SSSR count). The third-order valence-electron chi connectivity index (χ3n) is 6.02. The van der Waals surface area contributed by atoms with Gasteiger partial charge in [0, 0.05) is 38.6 Å². The average molecular weight is 352 g/mol. The Balaban J connectivity index is 1.31. The van der Waals surface area contributed by atoms with Crippen LogP contribution in [0.5, 0.6) is 0 Å². The number of hydrogen-bond acceptors (Lipinski definition) is 3. The number of likely N-dealkylation sites (tertiary alicyclic amines) is 1. The molecule has 0 radical (unpaired) electrons. The van der Waals surface area contributed by atoms with Crippen molar-refractivity contribution in [3.8, 4) is 0 Å². The van der Waals surface area contributed by atoms with Gasteiger partial charge in [-0.05, 0) is 55.8 Å². The van der Waals surface area contributed by atoms with E-state index >= 15 is 0 Å². The molecule has 1 fully saturated rings. The number of rotatable bonds is 4. The second-order valence-corrected chi connectivity index (χ2v) is 7.73. The Morgan fingerprint density at radius 1 is 1.15 bits per heavy atom. The monoisotopic (exact) mass is 352 g/mol. The Kier molecular flexibility index (Phi) is 5.07. The average Bonchev–Trinajstić information content (AvgIpc) is 3.19. The number of carbonyl (C=O) groups excluding carboxylic acids is 1. The van der Waals surface area contributed by atoms with E-state index in [0.717, 1.165) is 51.9 Å².